The molecule has 0 aliphatic carbocycles. The van der Waals surface area contributed by atoms with Crippen molar-refractivity contribution in [3.63, 3.8) is 0 Å². The van der Waals surface area contributed by atoms with Gasteiger partial charge in [0, 0.05) is 15.3 Å². The van der Waals surface area contributed by atoms with Crippen molar-refractivity contribution in [2.24, 2.45) is 0 Å². The van der Waals surface area contributed by atoms with Gasteiger partial charge in [-0.25, -0.2) is 0 Å². The number of hydrogen-bond donors (Lipinski definition) is 2. The summed E-state index contributed by atoms with van der Waals surface area (Å²) >= 11 is 0. The van der Waals surface area contributed by atoms with Crippen molar-refractivity contribution in [2.75, 3.05) is 5.73 Å². The van der Waals surface area contributed by atoms with Gasteiger partial charge in [-0.2, -0.15) is 0 Å². The molecule has 0 aliphatic rings. The lowest BCUT2D eigenvalue weighted by Crippen LogP contribution is -2.44. The SMILES string of the molecule is Nc1nc(=[NH2+])ss1.O=[N+]([O-])[O-]. The molecular formula is C2H4N4O3S2. The third-order valence-electron chi connectivity index (χ3n) is 0.433. The van der Waals surface area contributed by atoms with Gasteiger partial charge in [0.25, 0.3) is 0 Å². The maximum Gasteiger partial charge on any atom is 0.386 e. The van der Waals surface area contributed by atoms with Crippen molar-refractivity contribution in [3.8, 4) is 0 Å². The molecule has 0 atom stereocenters. The van der Waals surface area contributed by atoms with E-state index in [9.17, 15) is 0 Å². The molecule has 0 saturated carbocycles. The van der Waals surface area contributed by atoms with Crippen LogP contribution >= 0.6 is 20.7 Å². The van der Waals surface area contributed by atoms with Gasteiger partial charge in [0.15, 0.2) is 0 Å². The first kappa shape index (κ1) is 9.78. The summed E-state index contributed by atoms with van der Waals surface area (Å²) < 4.78 is 0. The topological polar surface area (TPSA) is 131 Å². The lowest BCUT2D eigenvalue weighted by Gasteiger charge is -1.74. The fourth-order valence-corrected chi connectivity index (χ4v) is 1.47. The van der Waals surface area contributed by atoms with Gasteiger partial charge in [-0.1, -0.05) is 0 Å². The summed E-state index contributed by atoms with van der Waals surface area (Å²) in [5.41, 5.74) is 5.22. The first-order valence-electron chi connectivity index (χ1n) is 2.15. The fourth-order valence-electron chi connectivity index (χ4n) is 0.231. The minimum absolute atomic E-state index is 0.544. The van der Waals surface area contributed by atoms with Gasteiger partial charge in [0.2, 0.25) is 0 Å². The van der Waals surface area contributed by atoms with E-state index in [2.05, 4.69) is 4.98 Å². The molecule has 11 heavy (non-hydrogen) atoms. The highest BCUT2D eigenvalue weighted by molar-refractivity contribution is 7.69. The highest BCUT2D eigenvalue weighted by Gasteiger charge is 1.95. The molecule has 0 saturated heterocycles. The number of nitrogens with two attached hydrogens (primary N) is 2. The number of aromatic nitrogens is 1. The van der Waals surface area contributed by atoms with Crippen LogP contribution in [0, 0.1) is 15.3 Å². The molecule has 1 rings (SSSR count). The van der Waals surface area contributed by atoms with E-state index in [0.717, 1.165) is 0 Å². The maximum atomic E-state index is 8.25. The smallest absolute Gasteiger partial charge is 0.356 e. The van der Waals surface area contributed by atoms with Crippen LogP contribution in [0.2, 0.25) is 0 Å². The monoisotopic (exact) mass is 196 g/mol. The number of anilines is 1. The van der Waals surface area contributed by atoms with Gasteiger partial charge >= 0.3 is 9.93 Å². The molecule has 7 nitrogen and oxygen atoms in total. The first-order chi connectivity index (χ1) is 5.02. The number of hydrogen-bond acceptors (Lipinski definition) is 7. The molecule has 1 aromatic rings. The lowest BCUT2D eigenvalue weighted by molar-refractivity contribution is -0.402. The third kappa shape index (κ3) is 6.67. The van der Waals surface area contributed by atoms with Crippen molar-refractivity contribution in [1.29, 1.82) is 0 Å². The molecule has 1 aromatic heterocycles. The molecule has 0 unspecified atom stereocenters. The van der Waals surface area contributed by atoms with Gasteiger partial charge in [0.1, 0.15) is 0 Å². The van der Waals surface area contributed by atoms with Crippen molar-refractivity contribution >= 4 is 25.8 Å². The molecule has 0 spiro atoms. The van der Waals surface area contributed by atoms with E-state index in [1.165, 1.54) is 20.7 Å². The molecule has 4 N–H and O–H groups in total. The van der Waals surface area contributed by atoms with E-state index in [0.29, 0.717) is 9.93 Å². The van der Waals surface area contributed by atoms with Gasteiger partial charge in [-0.05, 0) is 10.3 Å². The van der Waals surface area contributed by atoms with E-state index in [4.69, 9.17) is 26.5 Å². The Morgan fingerprint density at radius 3 is 2.09 bits per heavy atom. The van der Waals surface area contributed by atoms with Gasteiger partial charge in [0.05, 0.1) is 5.09 Å². The molecule has 0 radical (unpaired) electrons. The second-order valence-corrected chi connectivity index (χ2v) is 3.35. The summed E-state index contributed by atoms with van der Waals surface area (Å²) in [5.74, 6) is 0. The molecule has 0 aliphatic heterocycles. The standard InChI is InChI=1S/C2H3N3S2.NO3/c3-1-5-2(4)7-6-1;2-1(3)4/h(H3,3,4,5);/q;-1/p+1. The molecular weight excluding hydrogens is 192 g/mol. The largest absolute Gasteiger partial charge is 0.386 e. The summed E-state index contributed by atoms with van der Waals surface area (Å²) in [6.45, 7) is 0. The molecule has 62 valence electrons. The second kappa shape index (κ2) is 4.57. The number of nitrogens with zero attached hydrogens (tertiary/aromatic N) is 2. The minimum atomic E-state index is -1.75. The van der Waals surface area contributed by atoms with Crippen molar-refractivity contribution in [2.45, 2.75) is 0 Å². The Labute approximate surface area is 67.8 Å². The molecule has 9 heteroatoms. The predicted molar refractivity (Wildman–Crippen MR) is 39.8 cm³/mol. The average Bonchev–Trinajstić information content (AvgIpc) is 2.13. The van der Waals surface area contributed by atoms with Crippen LogP contribution in [0.15, 0.2) is 0 Å². The molecule has 0 amide bonds. The minimum Gasteiger partial charge on any atom is -0.356 e. The van der Waals surface area contributed by atoms with Gasteiger partial charge in [-0.15, -0.1) is 0 Å². The summed E-state index contributed by atoms with van der Waals surface area (Å²) in [6.07, 6.45) is 0. The van der Waals surface area contributed by atoms with Crippen LogP contribution in [-0.4, -0.2) is 10.1 Å². The normalized spacial score (nSPS) is 8.00. The van der Waals surface area contributed by atoms with Crippen LogP contribution in [0.1, 0.15) is 0 Å². The predicted octanol–water partition coefficient (Wildman–Crippen LogP) is -1.79. The first-order valence-corrected chi connectivity index (χ1v) is 4.30. The Hall–Kier alpha value is -1.22. The van der Waals surface area contributed by atoms with E-state index in [1.807, 2.05) is 0 Å². The Morgan fingerprint density at radius 1 is 1.55 bits per heavy atom. The zero-order valence-corrected chi connectivity index (χ0v) is 6.72. The second-order valence-electron chi connectivity index (χ2n) is 1.18. The van der Waals surface area contributed by atoms with Crippen LogP contribution in [0.25, 0.3) is 0 Å². The fraction of sp³-hybridized carbons (Fsp3) is 0. The Morgan fingerprint density at radius 2 is 2.00 bits per heavy atom. The van der Waals surface area contributed by atoms with E-state index >= 15 is 0 Å². The van der Waals surface area contributed by atoms with Crippen LogP contribution in [0.3, 0.4) is 0 Å². The Balaban J connectivity index is 0.000000218. The summed E-state index contributed by atoms with van der Waals surface area (Å²) in [6, 6.07) is 0. The van der Waals surface area contributed by atoms with Crippen LogP contribution in [-0.2, 0) is 0 Å². The maximum absolute atomic E-state index is 8.25. The van der Waals surface area contributed by atoms with Crippen molar-refractivity contribution in [1.82, 2.24) is 4.98 Å². The summed E-state index contributed by atoms with van der Waals surface area (Å²) in [5, 5.41) is 20.5. The molecule has 0 fully saturated rings. The molecule has 1 heterocycles. The average molecular weight is 196 g/mol. The Kier molecular flexibility index (Phi) is 4.07. The van der Waals surface area contributed by atoms with Crippen molar-refractivity contribution < 1.29 is 10.5 Å². The third-order valence-corrected chi connectivity index (χ3v) is 2.31. The van der Waals surface area contributed by atoms with E-state index in [1.54, 1.807) is 0 Å². The van der Waals surface area contributed by atoms with Crippen molar-refractivity contribution in [3.05, 3.63) is 20.1 Å². The van der Waals surface area contributed by atoms with Crippen LogP contribution in [0.4, 0.5) is 5.13 Å². The van der Waals surface area contributed by atoms with Gasteiger partial charge < -0.3 is 21.1 Å². The molecule has 0 bridgehead atoms. The highest BCUT2D eigenvalue weighted by atomic mass is 32.9. The number of rotatable bonds is 0. The zero-order valence-electron chi connectivity index (χ0n) is 5.09. The Bertz CT molecular complexity index is 275. The quantitative estimate of drug-likeness (QED) is 0.287. The van der Waals surface area contributed by atoms with Crippen LogP contribution in [0.5, 0.6) is 0 Å². The lowest BCUT2D eigenvalue weighted by atomic mass is 11.2. The van der Waals surface area contributed by atoms with E-state index in [-0.39, 0.29) is 0 Å². The van der Waals surface area contributed by atoms with Crippen LogP contribution < -0.4 is 15.9 Å². The summed E-state index contributed by atoms with van der Waals surface area (Å²) in [4.78, 5) is 12.5. The summed E-state index contributed by atoms with van der Waals surface area (Å²) in [7, 11) is 2.78. The number of nitrogen functional groups attached to an aromatic ring is 1. The zero-order chi connectivity index (χ0) is 8.85. The highest BCUT2D eigenvalue weighted by Crippen LogP contribution is 2.04. The molecule has 0 aromatic carbocycles. The van der Waals surface area contributed by atoms with E-state index < -0.39 is 5.09 Å². The van der Waals surface area contributed by atoms with Gasteiger partial charge in [-0.3, -0.25) is 5.41 Å².